The summed E-state index contributed by atoms with van der Waals surface area (Å²) in [4.78, 5) is 31.4. The zero-order valence-corrected chi connectivity index (χ0v) is 21.1. The van der Waals surface area contributed by atoms with Gasteiger partial charge in [-0.15, -0.1) is 0 Å². The molecule has 0 saturated carbocycles. The third-order valence-electron chi connectivity index (χ3n) is 6.19. The molecule has 0 radical (unpaired) electrons. The molecule has 0 saturated heterocycles. The number of aryl methyl sites for hydroxylation is 1. The first-order valence-corrected chi connectivity index (χ1v) is 12.3. The summed E-state index contributed by atoms with van der Waals surface area (Å²) in [6.45, 7) is 1.86. The highest BCUT2D eigenvalue weighted by Crippen LogP contribution is 2.35. The number of nitrogens with two attached hydrogens (primary N) is 1. The highest BCUT2D eigenvalue weighted by Gasteiger charge is 2.35. The molecule has 0 aliphatic heterocycles. The number of amides is 2. The second kappa shape index (κ2) is 11.6. The van der Waals surface area contributed by atoms with E-state index in [4.69, 9.17) is 5.73 Å². The third kappa shape index (κ3) is 6.77. The zero-order valence-electron chi connectivity index (χ0n) is 21.1. The van der Waals surface area contributed by atoms with E-state index in [1.165, 1.54) is 22.7 Å². The molecule has 12 heteroatoms. The smallest absolute Gasteiger partial charge is 0.383 e. The number of benzene rings is 1. The van der Waals surface area contributed by atoms with E-state index >= 15 is 0 Å². The minimum atomic E-state index is -4.62. The van der Waals surface area contributed by atoms with Crippen LogP contribution in [0, 0.1) is 6.92 Å². The number of nitrogens with zero attached hydrogens (tertiary/aromatic N) is 4. The van der Waals surface area contributed by atoms with Gasteiger partial charge < -0.3 is 16.2 Å². The lowest BCUT2D eigenvalue weighted by Gasteiger charge is -2.10. The van der Waals surface area contributed by atoms with Crippen molar-refractivity contribution in [2.24, 2.45) is 5.73 Å². The molecule has 1 atom stereocenters. The topological polar surface area (TPSA) is 136 Å². The van der Waals surface area contributed by atoms with Gasteiger partial charge in [-0.05, 0) is 55.7 Å². The number of carbonyl (C=O) groups excluding carboxylic acids is 2. The Morgan fingerprint density at radius 3 is 2.64 bits per heavy atom. The van der Waals surface area contributed by atoms with Crippen LogP contribution in [-0.2, 0) is 15.8 Å². The van der Waals surface area contributed by atoms with E-state index in [9.17, 15) is 27.9 Å². The summed E-state index contributed by atoms with van der Waals surface area (Å²) >= 11 is 0. The van der Waals surface area contributed by atoms with Crippen molar-refractivity contribution in [3.63, 3.8) is 0 Å². The first kappa shape index (κ1) is 27.7. The monoisotopic (exact) mass is 540 g/mol. The highest BCUT2D eigenvalue weighted by molar-refractivity contribution is 5.92. The second-order valence-corrected chi connectivity index (χ2v) is 9.14. The number of nitrogens with one attached hydrogen (secondary N) is 1. The van der Waals surface area contributed by atoms with E-state index < -0.39 is 23.9 Å². The Kier molecular flexibility index (Phi) is 8.24. The standard InChI is InChI=1S/C27H27F3N6O3/c1-16-9-10-17(14-20(16)34-24(38)8-4-2-3-7-22(37)26(31)39)21-15-36-23(33-21)12-11-19(35-36)18-6-5-13-32-25(18)27(28,29)30/h5-6,9-15,22,37H,2-4,7-8H2,1H3,(H2,31,39)(H,34,38). The molecule has 9 nitrogen and oxygen atoms in total. The normalized spacial score (nSPS) is 12.4. The maximum atomic E-state index is 13.4. The van der Waals surface area contributed by atoms with Crippen molar-refractivity contribution in [2.75, 3.05) is 5.32 Å². The number of alkyl halides is 3. The number of carbonyl (C=O) groups is 2. The van der Waals surface area contributed by atoms with Gasteiger partial charge >= 0.3 is 6.18 Å². The molecule has 3 heterocycles. The number of rotatable bonds is 10. The first-order chi connectivity index (χ1) is 18.5. The van der Waals surface area contributed by atoms with Crippen LogP contribution in [0.5, 0.6) is 0 Å². The van der Waals surface area contributed by atoms with Crippen LogP contribution >= 0.6 is 0 Å². The molecule has 0 bridgehead atoms. The van der Waals surface area contributed by atoms with Gasteiger partial charge in [0.25, 0.3) is 0 Å². The van der Waals surface area contributed by atoms with Gasteiger partial charge in [0.05, 0.1) is 17.6 Å². The van der Waals surface area contributed by atoms with Crippen molar-refractivity contribution in [1.29, 1.82) is 0 Å². The van der Waals surface area contributed by atoms with Crippen molar-refractivity contribution in [3.8, 4) is 22.5 Å². The summed E-state index contributed by atoms with van der Waals surface area (Å²) < 4.78 is 41.7. The Labute approximate surface area is 221 Å². The van der Waals surface area contributed by atoms with Crippen LogP contribution in [0.4, 0.5) is 18.9 Å². The van der Waals surface area contributed by atoms with E-state index in [2.05, 4.69) is 20.4 Å². The van der Waals surface area contributed by atoms with E-state index in [-0.39, 0.29) is 30.0 Å². The molecule has 4 rings (SSSR count). The Hall–Kier alpha value is -4.32. The average Bonchev–Trinajstić information content (AvgIpc) is 3.32. The molecule has 1 aromatic carbocycles. The Morgan fingerprint density at radius 2 is 1.90 bits per heavy atom. The maximum absolute atomic E-state index is 13.4. The number of aliphatic hydroxyl groups is 1. The van der Waals surface area contributed by atoms with Gasteiger partial charge in [0.15, 0.2) is 11.3 Å². The fraction of sp³-hybridized carbons (Fsp3) is 0.296. The fourth-order valence-electron chi connectivity index (χ4n) is 4.07. The number of primary amides is 1. The first-order valence-electron chi connectivity index (χ1n) is 12.3. The summed E-state index contributed by atoms with van der Waals surface area (Å²) in [6.07, 6.45) is -0.730. The van der Waals surface area contributed by atoms with Crippen LogP contribution in [0.25, 0.3) is 28.2 Å². The van der Waals surface area contributed by atoms with Crippen LogP contribution in [0.1, 0.15) is 43.4 Å². The lowest BCUT2D eigenvalue weighted by atomic mass is 10.1. The molecule has 0 fully saturated rings. The van der Waals surface area contributed by atoms with Gasteiger partial charge in [-0.25, -0.2) is 9.50 Å². The number of imidazole rings is 1. The number of aliphatic hydroxyl groups excluding tert-OH is 1. The Morgan fingerprint density at radius 1 is 1.10 bits per heavy atom. The van der Waals surface area contributed by atoms with Crippen LogP contribution in [0.2, 0.25) is 0 Å². The van der Waals surface area contributed by atoms with Gasteiger partial charge in [0.1, 0.15) is 6.10 Å². The number of hydrogen-bond acceptors (Lipinski definition) is 6. The summed E-state index contributed by atoms with van der Waals surface area (Å²) in [7, 11) is 0. The highest BCUT2D eigenvalue weighted by atomic mass is 19.4. The van der Waals surface area contributed by atoms with Gasteiger partial charge in [-0.1, -0.05) is 25.0 Å². The van der Waals surface area contributed by atoms with E-state index in [0.717, 1.165) is 11.8 Å². The number of aromatic nitrogens is 4. The average molecular weight is 541 g/mol. The number of hydrogen-bond donors (Lipinski definition) is 3. The molecule has 2 amide bonds. The maximum Gasteiger partial charge on any atom is 0.434 e. The third-order valence-corrected chi connectivity index (χ3v) is 6.19. The van der Waals surface area contributed by atoms with Gasteiger partial charge in [-0.3, -0.25) is 14.6 Å². The number of unbranched alkanes of at least 4 members (excludes halogenated alkanes) is 2. The van der Waals surface area contributed by atoms with Crippen molar-refractivity contribution in [2.45, 2.75) is 51.3 Å². The molecule has 1 unspecified atom stereocenters. The van der Waals surface area contributed by atoms with E-state index in [1.54, 1.807) is 18.3 Å². The summed E-state index contributed by atoms with van der Waals surface area (Å²) in [5.74, 6) is -0.932. The van der Waals surface area contributed by atoms with Gasteiger partial charge in [0, 0.05) is 29.4 Å². The Balaban J connectivity index is 1.47. The molecule has 3 aromatic heterocycles. The lowest BCUT2D eigenvalue weighted by Crippen LogP contribution is -2.27. The summed E-state index contributed by atoms with van der Waals surface area (Å²) in [6, 6.07) is 11.2. The number of anilines is 1. The predicted molar refractivity (Wildman–Crippen MR) is 138 cm³/mol. The number of pyridine rings is 1. The van der Waals surface area contributed by atoms with Gasteiger partial charge in [0.2, 0.25) is 11.8 Å². The lowest BCUT2D eigenvalue weighted by molar-refractivity contribution is -0.140. The molecule has 0 spiro atoms. The predicted octanol–water partition coefficient (Wildman–Crippen LogP) is 4.52. The number of fused-ring (bicyclic) bond motifs is 1. The SMILES string of the molecule is Cc1ccc(-c2cn3nc(-c4cccnc4C(F)(F)F)ccc3n2)cc1NC(=O)CCCCCC(O)C(N)=O. The van der Waals surface area contributed by atoms with Crippen molar-refractivity contribution in [3.05, 3.63) is 66.1 Å². The van der Waals surface area contributed by atoms with Gasteiger partial charge in [-0.2, -0.15) is 18.3 Å². The van der Waals surface area contributed by atoms with E-state index in [1.807, 2.05) is 19.1 Å². The molecule has 4 N–H and O–H groups in total. The number of halogens is 3. The van der Waals surface area contributed by atoms with Crippen LogP contribution in [0.15, 0.2) is 54.9 Å². The van der Waals surface area contributed by atoms with E-state index in [0.29, 0.717) is 41.9 Å². The minimum Gasteiger partial charge on any atom is -0.383 e. The Bertz CT molecular complexity index is 1500. The minimum absolute atomic E-state index is 0.105. The van der Waals surface area contributed by atoms with Crippen molar-refractivity contribution < 1.29 is 27.9 Å². The molecular formula is C27H27F3N6O3. The quantitative estimate of drug-likeness (QED) is 0.253. The second-order valence-electron chi connectivity index (χ2n) is 9.14. The van der Waals surface area contributed by atoms with Crippen molar-refractivity contribution >= 4 is 23.1 Å². The molecule has 4 aromatic rings. The molecule has 204 valence electrons. The summed E-state index contributed by atoms with van der Waals surface area (Å²) in [5.41, 5.74) is 7.11. The summed E-state index contributed by atoms with van der Waals surface area (Å²) in [5, 5.41) is 16.6. The zero-order chi connectivity index (χ0) is 28.2. The molecule has 0 aliphatic rings. The molecule has 39 heavy (non-hydrogen) atoms. The van der Waals surface area contributed by atoms with Crippen LogP contribution in [-0.4, -0.2) is 42.6 Å². The largest absolute Gasteiger partial charge is 0.434 e. The van der Waals surface area contributed by atoms with Crippen molar-refractivity contribution in [1.82, 2.24) is 19.6 Å². The molecule has 0 aliphatic carbocycles. The van der Waals surface area contributed by atoms with Crippen LogP contribution < -0.4 is 11.1 Å². The fourth-order valence-corrected chi connectivity index (χ4v) is 4.07. The molecular weight excluding hydrogens is 513 g/mol. The van der Waals surface area contributed by atoms with Crippen LogP contribution in [0.3, 0.4) is 0 Å².